The molecule has 0 radical (unpaired) electrons. The lowest BCUT2D eigenvalue weighted by Crippen LogP contribution is -3.06. The van der Waals surface area contributed by atoms with Gasteiger partial charge in [-0.25, -0.2) is 0 Å². The van der Waals surface area contributed by atoms with Gasteiger partial charge in [-0.05, 0) is 25.3 Å². The first-order valence-corrected chi connectivity index (χ1v) is 11.1. The largest absolute Gasteiger partial charge is 0.342 e. The third-order valence-electron chi connectivity index (χ3n) is 5.39. The van der Waals surface area contributed by atoms with Crippen LogP contribution in [0.1, 0.15) is 50.5 Å². The second kappa shape index (κ2) is 9.56. The molecule has 2 heterocycles. The molecule has 1 aliphatic rings. The van der Waals surface area contributed by atoms with Crippen LogP contribution in [0.4, 0.5) is 0 Å². The Morgan fingerprint density at radius 3 is 2.46 bits per heavy atom. The van der Waals surface area contributed by atoms with Crippen molar-refractivity contribution in [1.29, 1.82) is 0 Å². The Bertz CT molecular complexity index is 770. The highest BCUT2D eigenvalue weighted by Crippen LogP contribution is 2.27. The Balaban J connectivity index is 1.87. The number of likely N-dealkylation sites (tertiary alicyclic amines) is 1. The minimum absolute atomic E-state index is 0.156. The highest BCUT2D eigenvalue weighted by molar-refractivity contribution is 8.00. The Kier molecular flexibility index (Phi) is 7.13. The molecular weight excluding hydrogens is 370 g/mol. The number of rotatable bonds is 8. The first kappa shape index (κ1) is 20.9. The molecule has 0 aliphatic carbocycles. The van der Waals surface area contributed by atoms with Crippen LogP contribution in [0.15, 0.2) is 35.5 Å². The number of hydrogen-bond acceptors (Lipinski definition) is 4. The summed E-state index contributed by atoms with van der Waals surface area (Å²) in [7, 11) is 4.31. The zero-order valence-electron chi connectivity index (χ0n) is 17.4. The van der Waals surface area contributed by atoms with Crippen molar-refractivity contribution in [1.82, 2.24) is 19.7 Å². The number of carbonyl (C=O) groups is 1. The second-order valence-corrected chi connectivity index (χ2v) is 9.05. The lowest BCUT2D eigenvalue weighted by atomic mass is 10.2. The molecule has 2 aromatic rings. The van der Waals surface area contributed by atoms with E-state index < -0.39 is 0 Å². The van der Waals surface area contributed by atoms with E-state index in [1.165, 1.54) is 22.2 Å². The summed E-state index contributed by atoms with van der Waals surface area (Å²) >= 11 is 1.53. The van der Waals surface area contributed by atoms with Gasteiger partial charge >= 0.3 is 0 Å². The van der Waals surface area contributed by atoms with Crippen molar-refractivity contribution in [3.8, 4) is 0 Å². The van der Waals surface area contributed by atoms with Crippen LogP contribution in [0.2, 0.25) is 0 Å². The van der Waals surface area contributed by atoms with E-state index in [-0.39, 0.29) is 17.2 Å². The van der Waals surface area contributed by atoms with E-state index in [1.54, 1.807) is 0 Å². The molecule has 1 aromatic heterocycles. The fourth-order valence-corrected chi connectivity index (χ4v) is 4.75. The maximum Gasteiger partial charge on any atom is 0.235 e. The van der Waals surface area contributed by atoms with Crippen molar-refractivity contribution in [3.63, 3.8) is 0 Å². The molecule has 152 valence electrons. The summed E-state index contributed by atoms with van der Waals surface area (Å²) in [6.45, 7) is 6.66. The van der Waals surface area contributed by atoms with E-state index in [4.69, 9.17) is 0 Å². The number of carbonyl (C=O) groups excluding carboxylic acids is 1. The molecule has 1 saturated heterocycles. The smallest absolute Gasteiger partial charge is 0.235 e. The molecule has 6 nitrogen and oxygen atoms in total. The molecule has 1 fully saturated rings. The van der Waals surface area contributed by atoms with Crippen molar-refractivity contribution >= 4 is 17.7 Å². The van der Waals surface area contributed by atoms with Crippen LogP contribution in [-0.2, 0) is 11.3 Å². The van der Waals surface area contributed by atoms with E-state index in [1.807, 2.05) is 17.9 Å². The van der Waals surface area contributed by atoms with Crippen LogP contribution < -0.4 is 4.90 Å². The minimum atomic E-state index is -0.156. The van der Waals surface area contributed by atoms with E-state index >= 15 is 0 Å². The molecule has 3 rings (SSSR count). The first-order valence-electron chi connectivity index (χ1n) is 10.2. The van der Waals surface area contributed by atoms with Gasteiger partial charge in [-0.2, -0.15) is 0 Å². The van der Waals surface area contributed by atoms with Crippen molar-refractivity contribution in [2.24, 2.45) is 0 Å². The highest BCUT2D eigenvalue weighted by Gasteiger charge is 2.29. The average Bonchev–Trinajstić information content (AvgIpc) is 3.34. The maximum absolute atomic E-state index is 12.8. The van der Waals surface area contributed by atoms with Gasteiger partial charge in [0.2, 0.25) is 5.91 Å². The van der Waals surface area contributed by atoms with E-state index in [0.29, 0.717) is 0 Å². The molecule has 0 saturated carbocycles. The van der Waals surface area contributed by atoms with Gasteiger partial charge in [-0.1, -0.05) is 49.0 Å². The fourth-order valence-electron chi connectivity index (χ4n) is 3.81. The fraction of sp³-hybridized carbons (Fsp3) is 0.571. The van der Waals surface area contributed by atoms with Crippen LogP contribution in [0.5, 0.6) is 0 Å². The molecule has 2 atom stereocenters. The zero-order valence-corrected chi connectivity index (χ0v) is 18.2. The quantitative estimate of drug-likeness (QED) is 0.687. The van der Waals surface area contributed by atoms with Gasteiger partial charge in [0.25, 0.3) is 0 Å². The summed E-state index contributed by atoms with van der Waals surface area (Å²) in [6, 6.07) is 10.7. The SMILES string of the molecule is CC[C@@H](c1nnc(S[C@@H](C)C(=O)N2CCCC2)n1Cc1ccccc1)[NH+](C)C. The normalized spacial score (nSPS) is 16.5. The number of benzene rings is 1. The van der Waals surface area contributed by atoms with Gasteiger partial charge < -0.3 is 9.80 Å². The van der Waals surface area contributed by atoms with Crippen LogP contribution in [0.3, 0.4) is 0 Å². The molecule has 0 bridgehead atoms. The molecule has 1 N–H and O–H groups in total. The molecule has 0 unspecified atom stereocenters. The number of nitrogens with zero attached hydrogens (tertiary/aromatic N) is 4. The third kappa shape index (κ3) is 4.75. The summed E-state index contributed by atoms with van der Waals surface area (Å²) in [4.78, 5) is 16.1. The first-order chi connectivity index (χ1) is 13.5. The number of aromatic nitrogens is 3. The van der Waals surface area contributed by atoms with Crippen LogP contribution >= 0.6 is 11.8 Å². The van der Waals surface area contributed by atoms with Gasteiger partial charge in [0.1, 0.15) is 6.04 Å². The number of amides is 1. The maximum atomic E-state index is 12.8. The molecule has 1 aliphatic heterocycles. The Hall–Kier alpha value is -1.86. The van der Waals surface area contributed by atoms with Crippen molar-refractivity contribution < 1.29 is 9.69 Å². The van der Waals surface area contributed by atoms with Gasteiger partial charge in [0.15, 0.2) is 11.0 Å². The third-order valence-corrected chi connectivity index (χ3v) is 6.46. The predicted octanol–water partition coefficient (Wildman–Crippen LogP) is 2.03. The predicted molar refractivity (Wildman–Crippen MR) is 113 cm³/mol. The summed E-state index contributed by atoms with van der Waals surface area (Å²) in [6.07, 6.45) is 3.21. The van der Waals surface area contributed by atoms with Gasteiger partial charge in [-0.15, -0.1) is 10.2 Å². The zero-order chi connectivity index (χ0) is 20.1. The van der Waals surface area contributed by atoms with Crippen molar-refractivity contribution in [2.45, 2.75) is 56.1 Å². The number of thioether (sulfide) groups is 1. The van der Waals surface area contributed by atoms with Gasteiger partial charge in [0.05, 0.1) is 25.9 Å². The monoisotopic (exact) mass is 402 g/mol. The van der Waals surface area contributed by atoms with Crippen LogP contribution in [0.25, 0.3) is 0 Å². The van der Waals surface area contributed by atoms with E-state index in [9.17, 15) is 4.79 Å². The van der Waals surface area contributed by atoms with Crippen molar-refractivity contribution in [2.75, 3.05) is 27.2 Å². The molecule has 28 heavy (non-hydrogen) atoms. The number of quaternary nitrogens is 1. The Morgan fingerprint density at radius 1 is 1.18 bits per heavy atom. The molecule has 1 aromatic carbocycles. The topological polar surface area (TPSA) is 55.5 Å². The standard InChI is InChI=1S/C21H31N5OS/c1-5-18(24(3)4)19-22-23-21(26(19)15-17-11-7-6-8-12-17)28-16(2)20(27)25-13-9-10-14-25/h6-8,11-12,16,18H,5,9-10,13-15H2,1-4H3/p+1/t16-,18-/m0/s1. The molecule has 1 amide bonds. The molecule has 0 spiro atoms. The van der Waals surface area contributed by atoms with Crippen LogP contribution in [0, 0.1) is 0 Å². The van der Waals surface area contributed by atoms with Gasteiger partial charge in [0, 0.05) is 19.5 Å². The number of hydrogen-bond donors (Lipinski definition) is 1. The lowest BCUT2D eigenvalue weighted by Gasteiger charge is -2.22. The number of nitrogens with one attached hydrogen (secondary N) is 1. The summed E-state index contributed by atoms with van der Waals surface area (Å²) in [5.41, 5.74) is 1.22. The summed E-state index contributed by atoms with van der Waals surface area (Å²) < 4.78 is 2.20. The van der Waals surface area contributed by atoms with E-state index in [2.05, 4.69) is 60.0 Å². The van der Waals surface area contributed by atoms with Crippen LogP contribution in [-0.4, -0.2) is 58.0 Å². The lowest BCUT2D eigenvalue weighted by molar-refractivity contribution is -0.893. The summed E-state index contributed by atoms with van der Waals surface area (Å²) in [5, 5.41) is 9.74. The molecular formula is C21H32N5OS+. The molecule has 7 heteroatoms. The highest BCUT2D eigenvalue weighted by atomic mass is 32.2. The van der Waals surface area contributed by atoms with Crippen molar-refractivity contribution in [3.05, 3.63) is 41.7 Å². The second-order valence-electron chi connectivity index (χ2n) is 7.74. The Labute approximate surface area is 172 Å². The minimum Gasteiger partial charge on any atom is -0.342 e. The van der Waals surface area contributed by atoms with E-state index in [0.717, 1.165) is 49.9 Å². The van der Waals surface area contributed by atoms with Gasteiger partial charge in [-0.3, -0.25) is 9.36 Å². The summed E-state index contributed by atoms with van der Waals surface area (Å²) in [5.74, 6) is 1.21. The average molecular weight is 403 g/mol. The Morgan fingerprint density at radius 2 is 1.86 bits per heavy atom.